The Morgan fingerprint density at radius 1 is 1.47 bits per heavy atom. The van der Waals surface area contributed by atoms with Crippen LogP contribution in [0.5, 0.6) is 0 Å². The highest BCUT2D eigenvalue weighted by molar-refractivity contribution is 5.95. The first-order valence-electron chi connectivity index (χ1n) is 6.45. The van der Waals surface area contributed by atoms with E-state index < -0.39 is 0 Å². The Hall–Kier alpha value is -1.79. The second-order valence-electron chi connectivity index (χ2n) is 5.77. The second-order valence-corrected chi connectivity index (χ2v) is 5.77. The van der Waals surface area contributed by atoms with E-state index in [0.29, 0.717) is 5.56 Å². The third-order valence-corrected chi connectivity index (χ3v) is 3.47. The summed E-state index contributed by atoms with van der Waals surface area (Å²) in [6.07, 6.45) is 1.03. The van der Waals surface area contributed by atoms with Gasteiger partial charge in [0.2, 0.25) is 0 Å². The van der Waals surface area contributed by atoms with Crippen molar-refractivity contribution >= 4 is 5.91 Å². The smallest absolute Gasteiger partial charge is 0.251 e. The number of amides is 1. The average Bonchev–Trinajstić information content (AvgIpc) is 2.93. The van der Waals surface area contributed by atoms with Gasteiger partial charge in [0.25, 0.3) is 5.91 Å². The summed E-state index contributed by atoms with van der Waals surface area (Å²) >= 11 is 0. The van der Waals surface area contributed by atoms with Crippen LogP contribution < -0.4 is 5.32 Å². The molecule has 2 N–H and O–H groups in total. The summed E-state index contributed by atoms with van der Waals surface area (Å²) in [7, 11) is 0. The highest BCUT2D eigenvalue weighted by Crippen LogP contribution is 2.44. The molecule has 100 valence electrons. The van der Waals surface area contributed by atoms with Crippen molar-refractivity contribution in [2.24, 2.45) is 5.41 Å². The molecule has 1 aromatic rings. The van der Waals surface area contributed by atoms with E-state index in [2.05, 4.69) is 31.0 Å². The van der Waals surface area contributed by atoms with E-state index in [0.717, 1.165) is 17.5 Å². The van der Waals surface area contributed by atoms with Gasteiger partial charge in [-0.1, -0.05) is 25.7 Å². The van der Waals surface area contributed by atoms with Crippen LogP contribution in [0.2, 0.25) is 0 Å². The maximum atomic E-state index is 12.2. The van der Waals surface area contributed by atoms with Gasteiger partial charge in [-0.15, -0.1) is 0 Å². The van der Waals surface area contributed by atoms with Crippen LogP contribution in [0.1, 0.15) is 41.8 Å². The molecule has 2 rings (SSSR count). The largest absolute Gasteiger partial charge is 0.384 e. The summed E-state index contributed by atoms with van der Waals surface area (Å²) in [5.74, 6) is 5.38. The van der Waals surface area contributed by atoms with Crippen molar-refractivity contribution < 1.29 is 9.90 Å². The van der Waals surface area contributed by atoms with Gasteiger partial charge in [0.15, 0.2) is 0 Å². The first-order chi connectivity index (χ1) is 8.92. The van der Waals surface area contributed by atoms with E-state index in [-0.39, 0.29) is 24.0 Å². The molecular formula is C16H19NO2. The Kier molecular flexibility index (Phi) is 3.64. The molecule has 0 radical (unpaired) electrons. The van der Waals surface area contributed by atoms with Gasteiger partial charge < -0.3 is 10.4 Å². The van der Waals surface area contributed by atoms with Gasteiger partial charge in [-0.25, -0.2) is 0 Å². The average molecular weight is 257 g/mol. The fourth-order valence-corrected chi connectivity index (χ4v) is 2.08. The molecule has 0 bridgehead atoms. The number of aliphatic hydroxyl groups is 1. The van der Waals surface area contributed by atoms with Crippen LogP contribution >= 0.6 is 0 Å². The maximum absolute atomic E-state index is 12.2. The normalized spacial score (nSPS) is 19.3. The van der Waals surface area contributed by atoms with Gasteiger partial charge >= 0.3 is 0 Å². The quantitative estimate of drug-likeness (QED) is 0.795. The summed E-state index contributed by atoms with van der Waals surface area (Å²) in [6.45, 7) is 6.05. The zero-order valence-electron chi connectivity index (χ0n) is 11.6. The van der Waals surface area contributed by atoms with Gasteiger partial charge in [0.1, 0.15) is 6.61 Å². The molecule has 19 heavy (non-hydrogen) atoms. The third kappa shape index (κ3) is 3.36. The fraction of sp³-hybridized carbons (Fsp3) is 0.438. The number of rotatable bonds is 2. The molecule has 1 fully saturated rings. The summed E-state index contributed by atoms with van der Waals surface area (Å²) in [6, 6.07) is 5.79. The minimum atomic E-state index is -0.175. The number of carbonyl (C=O) groups is 1. The maximum Gasteiger partial charge on any atom is 0.251 e. The lowest BCUT2D eigenvalue weighted by atomic mass is 10.1. The minimum absolute atomic E-state index is 0.0497. The second kappa shape index (κ2) is 5.07. The summed E-state index contributed by atoms with van der Waals surface area (Å²) < 4.78 is 0. The Bertz CT molecular complexity index is 564. The van der Waals surface area contributed by atoms with Crippen molar-refractivity contribution in [1.29, 1.82) is 0 Å². The van der Waals surface area contributed by atoms with Crippen LogP contribution in [0.15, 0.2) is 18.2 Å². The summed E-state index contributed by atoms with van der Waals surface area (Å²) in [5, 5.41) is 11.7. The first kappa shape index (κ1) is 13.6. The number of nitrogens with one attached hydrogen (secondary N) is 1. The van der Waals surface area contributed by atoms with E-state index >= 15 is 0 Å². The zero-order valence-corrected chi connectivity index (χ0v) is 11.6. The summed E-state index contributed by atoms with van der Waals surface area (Å²) in [5.41, 5.74) is 2.60. The number of aryl methyl sites for hydroxylation is 1. The van der Waals surface area contributed by atoms with E-state index in [1.165, 1.54) is 0 Å². The Morgan fingerprint density at radius 2 is 2.16 bits per heavy atom. The molecule has 3 heteroatoms. The molecule has 0 aliphatic heterocycles. The van der Waals surface area contributed by atoms with Crippen LogP contribution in [-0.2, 0) is 0 Å². The van der Waals surface area contributed by atoms with Crippen molar-refractivity contribution in [3.63, 3.8) is 0 Å². The number of benzene rings is 1. The lowest BCUT2D eigenvalue weighted by Crippen LogP contribution is -2.28. The molecule has 0 heterocycles. The monoisotopic (exact) mass is 257 g/mol. The lowest BCUT2D eigenvalue weighted by Gasteiger charge is -2.08. The molecule has 1 aliphatic rings. The number of carbonyl (C=O) groups excluding carboxylic acids is 1. The van der Waals surface area contributed by atoms with Crippen LogP contribution in [0, 0.1) is 24.2 Å². The molecule has 1 aliphatic carbocycles. The highest BCUT2D eigenvalue weighted by Gasteiger charge is 2.46. The Morgan fingerprint density at radius 3 is 2.74 bits per heavy atom. The van der Waals surface area contributed by atoms with E-state index in [1.54, 1.807) is 6.07 Å². The molecule has 1 unspecified atom stereocenters. The Balaban J connectivity index is 2.15. The molecule has 0 saturated heterocycles. The predicted molar refractivity (Wildman–Crippen MR) is 74.8 cm³/mol. The van der Waals surface area contributed by atoms with Crippen LogP contribution in [0.25, 0.3) is 0 Å². The lowest BCUT2D eigenvalue weighted by molar-refractivity contribution is 0.0946. The third-order valence-electron chi connectivity index (χ3n) is 3.47. The molecule has 3 nitrogen and oxygen atoms in total. The zero-order chi connectivity index (χ0) is 14.0. The SMILES string of the molecule is Cc1cc(C#CCO)cc(C(=O)NC2CC2(C)C)c1. The Labute approximate surface area is 114 Å². The van der Waals surface area contributed by atoms with Gasteiger partial charge in [-0.3, -0.25) is 4.79 Å². The topological polar surface area (TPSA) is 49.3 Å². The molecule has 1 atom stereocenters. The van der Waals surface area contributed by atoms with Crippen molar-refractivity contribution in [3.05, 3.63) is 34.9 Å². The predicted octanol–water partition coefficient (Wildman–Crippen LogP) is 1.87. The van der Waals surface area contributed by atoms with E-state index in [4.69, 9.17) is 5.11 Å². The molecule has 0 spiro atoms. The van der Waals surface area contributed by atoms with Crippen molar-refractivity contribution in [3.8, 4) is 11.8 Å². The van der Waals surface area contributed by atoms with Crippen LogP contribution in [-0.4, -0.2) is 23.7 Å². The number of hydrogen-bond donors (Lipinski definition) is 2. The van der Waals surface area contributed by atoms with Crippen molar-refractivity contribution in [2.45, 2.75) is 33.2 Å². The first-order valence-corrected chi connectivity index (χ1v) is 6.45. The molecule has 1 saturated carbocycles. The molecule has 1 amide bonds. The van der Waals surface area contributed by atoms with Gasteiger partial charge in [0.05, 0.1) is 0 Å². The number of hydrogen-bond acceptors (Lipinski definition) is 2. The minimum Gasteiger partial charge on any atom is -0.384 e. The molecule has 1 aromatic carbocycles. The van der Waals surface area contributed by atoms with Gasteiger partial charge in [0, 0.05) is 17.2 Å². The summed E-state index contributed by atoms with van der Waals surface area (Å²) in [4.78, 5) is 12.2. The molecule has 0 aromatic heterocycles. The van der Waals surface area contributed by atoms with Crippen molar-refractivity contribution in [1.82, 2.24) is 5.32 Å². The number of aliphatic hydroxyl groups excluding tert-OH is 1. The van der Waals surface area contributed by atoms with Gasteiger partial charge in [-0.2, -0.15) is 0 Å². The molecular weight excluding hydrogens is 238 g/mol. The van der Waals surface area contributed by atoms with Crippen LogP contribution in [0.3, 0.4) is 0 Å². The van der Waals surface area contributed by atoms with Gasteiger partial charge in [-0.05, 0) is 42.5 Å². The fourth-order valence-electron chi connectivity index (χ4n) is 2.08. The standard InChI is InChI=1S/C16H19NO2/c1-11-7-12(5-4-6-18)9-13(8-11)15(19)17-14-10-16(14,2)3/h7-9,14,18H,6,10H2,1-3H3,(H,17,19). The highest BCUT2D eigenvalue weighted by atomic mass is 16.2. The van der Waals surface area contributed by atoms with Crippen LogP contribution in [0.4, 0.5) is 0 Å². The van der Waals surface area contributed by atoms with E-state index in [1.807, 2.05) is 19.1 Å². The van der Waals surface area contributed by atoms with Crippen molar-refractivity contribution in [2.75, 3.05) is 6.61 Å². The van der Waals surface area contributed by atoms with E-state index in [9.17, 15) is 4.79 Å².